The van der Waals surface area contributed by atoms with E-state index in [0.717, 1.165) is 11.8 Å². The lowest BCUT2D eigenvalue weighted by molar-refractivity contribution is -0.117. The molecule has 0 aliphatic heterocycles. The van der Waals surface area contributed by atoms with Gasteiger partial charge in [0.15, 0.2) is 0 Å². The predicted octanol–water partition coefficient (Wildman–Crippen LogP) is 2.74. The normalized spacial score (nSPS) is 11.4. The first-order valence-electron chi connectivity index (χ1n) is 5.13. The molecule has 0 amide bonds. The minimum Gasteiger partial charge on any atom is -0.376 e. The molecule has 2 nitrogen and oxygen atoms in total. The number of benzene rings is 1. The van der Waals surface area contributed by atoms with Gasteiger partial charge in [0.2, 0.25) is 0 Å². The molecular weight excluding hydrogens is 188 g/mol. The number of hydrogen-bond acceptors (Lipinski definition) is 2. The first-order valence-corrected chi connectivity index (χ1v) is 5.13. The van der Waals surface area contributed by atoms with E-state index < -0.39 is 0 Å². The third-order valence-electron chi connectivity index (χ3n) is 2.18. The molecule has 1 rings (SSSR count). The Labute approximate surface area is 91.3 Å². The van der Waals surface area contributed by atoms with Gasteiger partial charge in [-0.15, -0.1) is 0 Å². The van der Waals surface area contributed by atoms with Crippen LogP contribution in [0.2, 0.25) is 0 Å². The molecule has 1 aromatic rings. The van der Waals surface area contributed by atoms with Crippen molar-refractivity contribution in [2.45, 2.75) is 27.4 Å². The molecule has 0 unspecified atom stereocenters. The number of hydrogen-bond donors (Lipinski definition) is 0. The van der Waals surface area contributed by atoms with E-state index in [1.807, 2.05) is 26.0 Å². The molecule has 0 saturated carbocycles. The minimum absolute atomic E-state index is 0.384. The van der Waals surface area contributed by atoms with Crippen molar-refractivity contribution in [1.29, 1.82) is 0 Å². The second kappa shape index (κ2) is 5.08. The Morgan fingerprint density at radius 1 is 1.27 bits per heavy atom. The van der Waals surface area contributed by atoms with Crippen LogP contribution in [0.4, 0.5) is 0 Å². The van der Waals surface area contributed by atoms with Crippen LogP contribution in [0.5, 0.6) is 0 Å². The zero-order valence-corrected chi connectivity index (χ0v) is 9.62. The predicted molar refractivity (Wildman–Crippen MR) is 60.7 cm³/mol. The highest BCUT2D eigenvalue weighted by atomic mass is 16.5. The third-order valence-corrected chi connectivity index (χ3v) is 2.18. The quantitative estimate of drug-likeness (QED) is 0.692. The van der Waals surface area contributed by atoms with E-state index in [4.69, 9.17) is 4.74 Å². The molecule has 0 heterocycles. The lowest BCUT2D eigenvalue weighted by Gasteiger charge is -2.16. The third kappa shape index (κ3) is 4.26. The number of carbonyl (C=O) groups excluding carboxylic acids is 1. The molecule has 0 saturated heterocycles. The van der Waals surface area contributed by atoms with E-state index in [1.165, 1.54) is 5.56 Å². The zero-order valence-electron chi connectivity index (χ0n) is 9.62. The molecule has 0 aliphatic rings. The van der Waals surface area contributed by atoms with Crippen LogP contribution < -0.4 is 0 Å². The number of carbonyl (C=O) groups is 1. The van der Waals surface area contributed by atoms with Crippen molar-refractivity contribution in [1.82, 2.24) is 0 Å². The summed E-state index contributed by atoms with van der Waals surface area (Å²) in [5.74, 6) is 0. The molecule has 2 heteroatoms. The fourth-order valence-corrected chi connectivity index (χ4v) is 1.15. The molecule has 0 N–H and O–H groups in total. The van der Waals surface area contributed by atoms with Crippen LogP contribution in [0, 0.1) is 12.3 Å². The molecule has 82 valence electrons. The van der Waals surface area contributed by atoms with Crippen LogP contribution >= 0.6 is 0 Å². The van der Waals surface area contributed by atoms with Crippen LogP contribution in [0.25, 0.3) is 0 Å². The highest BCUT2D eigenvalue weighted by Crippen LogP contribution is 2.12. The Hall–Kier alpha value is -1.15. The topological polar surface area (TPSA) is 26.3 Å². The van der Waals surface area contributed by atoms with Crippen molar-refractivity contribution in [3.05, 3.63) is 35.4 Å². The van der Waals surface area contributed by atoms with Gasteiger partial charge < -0.3 is 9.53 Å². The van der Waals surface area contributed by atoms with Crippen LogP contribution in [-0.4, -0.2) is 12.9 Å². The fraction of sp³-hybridized carbons (Fsp3) is 0.462. The highest BCUT2D eigenvalue weighted by Gasteiger charge is 2.16. The molecule has 0 radical (unpaired) electrons. The summed E-state index contributed by atoms with van der Waals surface area (Å²) >= 11 is 0. The lowest BCUT2D eigenvalue weighted by Crippen LogP contribution is -2.20. The maximum absolute atomic E-state index is 10.6. The lowest BCUT2D eigenvalue weighted by atomic mass is 9.98. The van der Waals surface area contributed by atoms with Crippen LogP contribution in [0.15, 0.2) is 24.3 Å². The van der Waals surface area contributed by atoms with E-state index in [1.54, 1.807) is 0 Å². The molecule has 0 fully saturated rings. The Morgan fingerprint density at radius 3 is 2.40 bits per heavy atom. The first-order chi connectivity index (χ1) is 7.03. The van der Waals surface area contributed by atoms with Gasteiger partial charge in [-0.05, 0) is 12.5 Å². The van der Waals surface area contributed by atoms with E-state index in [9.17, 15) is 4.79 Å². The van der Waals surface area contributed by atoms with Crippen molar-refractivity contribution in [2.24, 2.45) is 5.41 Å². The number of ether oxygens (including phenoxy) is 1. The van der Waals surface area contributed by atoms with Gasteiger partial charge in [-0.25, -0.2) is 0 Å². The van der Waals surface area contributed by atoms with Gasteiger partial charge in [-0.1, -0.05) is 43.7 Å². The van der Waals surface area contributed by atoms with Gasteiger partial charge in [-0.2, -0.15) is 0 Å². The van der Waals surface area contributed by atoms with Crippen LogP contribution in [0.1, 0.15) is 25.0 Å². The van der Waals surface area contributed by atoms with Gasteiger partial charge in [0.25, 0.3) is 0 Å². The number of aldehydes is 1. The maximum Gasteiger partial charge on any atom is 0.127 e. The van der Waals surface area contributed by atoms with E-state index in [0.29, 0.717) is 13.2 Å². The molecule has 0 bridgehead atoms. The Balaban J connectivity index is 2.38. The van der Waals surface area contributed by atoms with Crippen LogP contribution in [0.3, 0.4) is 0 Å². The molecular formula is C13H18O2. The Bertz CT molecular complexity index is 312. The first kappa shape index (κ1) is 11.9. The molecule has 0 aliphatic carbocycles. The van der Waals surface area contributed by atoms with Crippen molar-refractivity contribution in [2.75, 3.05) is 6.61 Å². The summed E-state index contributed by atoms with van der Waals surface area (Å²) in [5.41, 5.74) is 2.00. The highest BCUT2D eigenvalue weighted by molar-refractivity contribution is 5.57. The Morgan fingerprint density at radius 2 is 1.87 bits per heavy atom. The van der Waals surface area contributed by atoms with Crippen molar-refractivity contribution < 1.29 is 9.53 Å². The van der Waals surface area contributed by atoms with E-state index in [-0.39, 0.29) is 5.41 Å². The summed E-state index contributed by atoms with van der Waals surface area (Å²) in [6.07, 6.45) is 0.933. The summed E-state index contributed by atoms with van der Waals surface area (Å²) in [7, 11) is 0. The number of rotatable bonds is 5. The van der Waals surface area contributed by atoms with Gasteiger partial charge in [0.1, 0.15) is 6.29 Å². The van der Waals surface area contributed by atoms with Gasteiger partial charge in [0, 0.05) is 5.41 Å². The molecule has 0 atom stereocenters. The monoisotopic (exact) mass is 206 g/mol. The fourth-order valence-electron chi connectivity index (χ4n) is 1.15. The second-order valence-electron chi connectivity index (χ2n) is 4.58. The average Bonchev–Trinajstić information content (AvgIpc) is 2.21. The summed E-state index contributed by atoms with van der Waals surface area (Å²) in [6.45, 7) is 6.83. The standard InChI is InChI=1S/C13H18O2/c1-11-4-6-12(7-5-11)8-15-10-13(2,3)9-14/h4-7,9H,8,10H2,1-3H3. The molecule has 15 heavy (non-hydrogen) atoms. The van der Waals surface area contributed by atoms with Gasteiger partial charge in [0.05, 0.1) is 13.2 Å². The Kier molecular flexibility index (Phi) is 4.04. The van der Waals surface area contributed by atoms with Crippen molar-refractivity contribution >= 4 is 6.29 Å². The zero-order chi connectivity index (χ0) is 11.3. The van der Waals surface area contributed by atoms with E-state index >= 15 is 0 Å². The molecule has 0 aromatic heterocycles. The summed E-state index contributed by atoms with van der Waals surface area (Å²) in [6, 6.07) is 8.21. The van der Waals surface area contributed by atoms with Gasteiger partial charge in [-0.3, -0.25) is 0 Å². The van der Waals surface area contributed by atoms with Crippen molar-refractivity contribution in [3.63, 3.8) is 0 Å². The van der Waals surface area contributed by atoms with Crippen molar-refractivity contribution in [3.8, 4) is 0 Å². The largest absolute Gasteiger partial charge is 0.376 e. The number of aryl methyl sites for hydroxylation is 1. The second-order valence-corrected chi connectivity index (χ2v) is 4.58. The summed E-state index contributed by atoms with van der Waals surface area (Å²) in [5, 5.41) is 0. The van der Waals surface area contributed by atoms with E-state index in [2.05, 4.69) is 19.1 Å². The summed E-state index contributed by atoms with van der Waals surface area (Å²) in [4.78, 5) is 10.6. The smallest absolute Gasteiger partial charge is 0.127 e. The van der Waals surface area contributed by atoms with Gasteiger partial charge >= 0.3 is 0 Å². The SMILES string of the molecule is Cc1ccc(COCC(C)(C)C=O)cc1. The average molecular weight is 206 g/mol. The minimum atomic E-state index is -0.384. The maximum atomic E-state index is 10.6. The molecule has 0 spiro atoms. The molecule has 1 aromatic carbocycles. The van der Waals surface area contributed by atoms with Crippen LogP contribution in [-0.2, 0) is 16.1 Å². The summed E-state index contributed by atoms with van der Waals surface area (Å²) < 4.78 is 5.48.